The first kappa shape index (κ1) is 22.1. The smallest absolute Gasteiger partial charge is 0.410 e. The van der Waals surface area contributed by atoms with E-state index in [0.29, 0.717) is 24.4 Å². The van der Waals surface area contributed by atoms with Gasteiger partial charge < -0.3 is 9.15 Å². The quantitative estimate of drug-likeness (QED) is 0.559. The summed E-state index contributed by atoms with van der Waals surface area (Å²) in [7, 11) is 0. The average molecular weight is 454 g/mol. The van der Waals surface area contributed by atoms with Gasteiger partial charge in [0, 0.05) is 11.6 Å². The Hall–Kier alpha value is -2.58. The number of fused-ring (bicyclic) bond motifs is 1. The Morgan fingerprint density at radius 3 is 2.77 bits per heavy atom. The van der Waals surface area contributed by atoms with Gasteiger partial charge in [0.15, 0.2) is 5.58 Å². The van der Waals surface area contributed by atoms with Gasteiger partial charge in [0.05, 0.1) is 22.2 Å². The monoisotopic (exact) mass is 453 g/mol. The fourth-order valence-electron chi connectivity index (χ4n) is 3.09. The van der Waals surface area contributed by atoms with Crippen molar-refractivity contribution in [2.45, 2.75) is 45.3 Å². The number of hydrazone groups is 1. The predicted octanol–water partition coefficient (Wildman–Crippen LogP) is 3.95. The highest BCUT2D eigenvalue weighted by Gasteiger charge is 2.36. The molecule has 1 aliphatic heterocycles. The van der Waals surface area contributed by atoms with Crippen LogP contribution in [-0.4, -0.2) is 41.3 Å². The fraction of sp³-hybridized carbons (Fsp3) is 0.400. The van der Waals surface area contributed by atoms with Crippen LogP contribution in [0.2, 0.25) is 10.0 Å². The Morgan fingerprint density at radius 1 is 1.33 bits per heavy atom. The summed E-state index contributed by atoms with van der Waals surface area (Å²) < 4.78 is 10.7. The van der Waals surface area contributed by atoms with E-state index in [4.69, 9.17) is 32.4 Å². The van der Waals surface area contributed by atoms with Crippen LogP contribution in [0.4, 0.5) is 4.79 Å². The van der Waals surface area contributed by atoms with Crippen molar-refractivity contribution in [1.82, 2.24) is 10.3 Å². The van der Waals surface area contributed by atoms with Crippen LogP contribution < -0.4 is 10.9 Å². The first-order chi connectivity index (χ1) is 14.1. The number of nitrogens with one attached hydrogen (secondary N) is 1. The van der Waals surface area contributed by atoms with E-state index in [1.165, 1.54) is 29.5 Å². The Labute approximate surface area is 182 Å². The second kappa shape index (κ2) is 8.65. The summed E-state index contributed by atoms with van der Waals surface area (Å²) in [6, 6.07) is 2.23. The average Bonchev–Trinajstić information content (AvgIpc) is 3.12. The van der Waals surface area contributed by atoms with Crippen LogP contribution in [0.3, 0.4) is 0 Å². The molecular weight excluding hydrogens is 433 g/mol. The molecule has 0 bridgehead atoms. The van der Waals surface area contributed by atoms with Crippen LogP contribution in [-0.2, 0) is 9.53 Å². The van der Waals surface area contributed by atoms with E-state index in [1.54, 1.807) is 20.8 Å². The largest absolute Gasteiger partial charge is 0.462 e. The molecule has 1 N–H and O–H groups in total. The van der Waals surface area contributed by atoms with Crippen molar-refractivity contribution < 1.29 is 18.7 Å². The first-order valence-electron chi connectivity index (χ1n) is 9.30. The molecule has 160 valence electrons. The molecule has 1 atom stereocenters. The van der Waals surface area contributed by atoms with Gasteiger partial charge in [0.25, 0.3) is 5.91 Å². The molecule has 0 radical (unpaired) electrons. The van der Waals surface area contributed by atoms with Gasteiger partial charge in [-0.15, -0.1) is 0 Å². The summed E-state index contributed by atoms with van der Waals surface area (Å²) in [5.74, 6) is -0.467. The molecule has 0 spiro atoms. The maximum atomic E-state index is 12.6. The molecule has 0 aliphatic carbocycles. The molecule has 1 aromatic heterocycles. The van der Waals surface area contributed by atoms with Crippen molar-refractivity contribution in [2.75, 3.05) is 6.54 Å². The Kier molecular flexibility index (Phi) is 6.38. The lowest BCUT2D eigenvalue weighted by Gasteiger charge is -2.27. The maximum absolute atomic E-state index is 12.6. The highest BCUT2D eigenvalue weighted by Crippen LogP contribution is 2.26. The maximum Gasteiger partial charge on any atom is 0.410 e. The summed E-state index contributed by atoms with van der Waals surface area (Å²) in [5, 5.41) is 4.56. The minimum absolute atomic E-state index is 0.108. The molecule has 3 rings (SSSR count). The number of nitrogens with zero attached hydrogens (tertiary/aromatic N) is 2. The highest BCUT2D eigenvalue weighted by atomic mass is 35.5. The standard InChI is InChI=1S/C20H21Cl2N3O5/c1-20(2,3)30-19(28)25-6-4-5-15(25)18(27)24-23-9-11-10-29-17-13(16(11)26)7-12(21)8-14(17)22/h7-10,15H,4-6H2,1-3H3,(H,24,27)/b23-9+/t15-/m0/s1. The van der Waals surface area contributed by atoms with E-state index in [0.717, 1.165) is 0 Å². The van der Waals surface area contributed by atoms with Crippen molar-refractivity contribution in [3.05, 3.63) is 44.2 Å². The lowest BCUT2D eigenvalue weighted by Crippen LogP contribution is -2.46. The molecule has 8 nitrogen and oxygen atoms in total. The molecule has 1 aromatic carbocycles. The van der Waals surface area contributed by atoms with Crippen LogP contribution in [0.1, 0.15) is 39.2 Å². The Bertz CT molecular complexity index is 1070. The topological polar surface area (TPSA) is 101 Å². The third-order valence-electron chi connectivity index (χ3n) is 4.38. The van der Waals surface area contributed by atoms with Gasteiger partial charge in [-0.1, -0.05) is 23.2 Å². The Balaban J connectivity index is 1.72. The summed E-state index contributed by atoms with van der Waals surface area (Å²) in [5.41, 5.74) is 1.64. The van der Waals surface area contributed by atoms with Crippen molar-refractivity contribution in [2.24, 2.45) is 5.10 Å². The third-order valence-corrected chi connectivity index (χ3v) is 4.88. The fourth-order valence-corrected chi connectivity index (χ4v) is 3.63. The summed E-state index contributed by atoms with van der Waals surface area (Å²) in [6.07, 6.45) is 2.99. The predicted molar refractivity (Wildman–Crippen MR) is 114 cm³/mol. The van der Waals surface area contributed by atoms with E-state index in [9.17, 15) is 14.4 Å². The van der Waals surface area contributed by atoms with Gasteiger partial charge in [0.2, 0.25) is 5.43 Å². The van der Waals surface area contributed by atoms with E-state index < -0.39 is 29.1 Å². The van der Waals surface area contributed by atoms with E-state index in [1.807, 2.05) is 0 Å². The number of benzene rings is 1. The van der Waals surface area contributed by atoms with Crippen molar-refractivity contribution in [3.8, 4) is 0 Å². The first-order valence-corrected chi connectivity index (χ1v) is 10.1. The summed E-state index contributed by atoms with van der Waals surface area (Å²) in [6.45, 7) is 5.70. The van der Waals surface area contributed by atoms with Gasteiger partial charge in [0.1, 0.15) is 17.9 Å². The van der Waals surface area contributed by atoms with Crippen molar-refractivity contribution in [1.29, 1.82) is 0 Å². The molecule has 2 heterocycles. The number of carbonyl (C=O) groups is 2. The van der Waals surface area contributed by atoms with E-state index in [2.05, 4.69) is 10.5 Å². The Morgan fingerprint density at radius 2 is 2.07 bits per heavy atom. The minimum atomic E-state index is -0.692. The molecule has 2 amide bonds. The number of hydrogen-bond acceptors (Lipinski definition) is 6. The van der Waals surface area contributed by atoms with Gasteiger partial charge in [-0.2, -0.15) is 5.10 Å². The zero-order valence-electron chi connectivity index (χ0n) is 16.7. The molecule has 0 unspecified atom stereocenters. The summed E-state index contributed by atoms with van der Waals surface area (Å²) >= 11 is 12.0. The zero-order valence-corrected chi connectivity index (χ0v) is 18.2. The lowest BCUT2D eigenvalue weighted by atomic mass is 10.2. The number of halogens is 2. The molecule has 1 aliphatic rings. The van der Waals surface area contributed by atoms with Crippen LogP contribution in [0.15, 0.2) is 32.7 Å². The molecule has 0 saturated carbocycles. The summed E-state index contributed by atoms with van der Waals surface area (Å²) in [4.78, 5) is 38.8. The molecule has 10 heteroatoms. The second-order valence-electron chi connectivity index (χ2n) is 7.85. The molecule has 1 saturated heterocycles. The van der Waals surface area contributed by atoms with Gasteiger partial charge in [-0.05, 0) is 45.7 Å². The van der Waals surface area contributed by atoms with E-state index >= 15 is 0 Å². The molecule has 30 heavy (non-hydrogen) atoms. The van der Waals surface area contributed by atoms with Gasteiger partial charge in [-0.25, -0.2) is 10.2 Å². The normalized spacial score (nSPS) is 17.0. The molecular formula is C20H21Cl2N3O5. The third kappa shape index (κ3) is 4.94. The van der Waals surface area contributed by atoms with Gasteiger partial charge in [-0.3, -0.25) is 14.5 Å². The van der Waals surface area contributed by atoms with Crippen LogP contribution in [0.5, 0.6) is 0 Å². The van der Waals surface area contributed by atoms with Crippen LogP contribution >= 0.6 is 23.2 Å². The minimum Gasteiger partial charge on any atom is -0.462 e. The lowest BCUT2D eigenvalue weighted by molar-refractivity contribution is -0.125. The second-order valence-corrected chi connectivity index (χ2v) is 8.69. The van der Waals surface area contributed by atoms with Gasteiger partial charge >= 0.3 is 6.09 Å². The number of ether oxygens (including phenoxy) is 1. The number of amides is 2. The molecule has 1 fully saturated rings. The van der Waals surface area contributed by atoms with Crippen LogP contribution in [0.25, 0.3) is 11.0 Å². The number of hydrogen-bond donors (Lipinski definition) is 1. The zero-order chi connectivity index (χ0) is 22.1. The molecule has 2 aromatic rings. The number of carbonyl (C=O) groups excluding carboxylic acids is 2. The number of rotatable bonds is 3. The number of likely N-dealkylation sites (tertiary alicyclic amines) is 1. The van der Waals surface area contributed by atoms with Crippen molar-refractivity contribution in [3.63, 3.8) is 0 Å². The van der Waals surface area contributed by atoms with Crippen LogP contribution in [0, 0.1) is 0 Å². The highest BCUT2D eigenvalue weighted by molar-refractivity contribution is 6.38. The SMILES string of the molecule is CC(C)(C)OC(=O)N1CCC[C@H]1C(=O)N/N=C/c1coc2c(Cl)cc(Cl)cc2c1=O. The van der Waals surface area contributed by atoms with E-state index in [-0.39, 0.29) is 21.6 Å². The van der Waals surface area contributed by atoms with Crippen molar-refractivity contribution >= 4 is 52.4 Å².